The number of rotatable bonds is 3. The Hall–Kier alpha value is -3.74. The van der Waals surface area contributed by atoms with Gasteiger partial charge in [0.1, 0.15) is 11.5 Å². The first-order valence-electron chi connectivity index (χ1n) is 8.03. The van der Waals surface area contributed by atoms with E-state index in [0.717, 1.165) is 22.5 Å². The molecule has 2 N–H and O–H groups in total. The van der Waals surface area contributed by atoms with Gasteiger partial charge in [-0.05, 0) is 43.3 Å². The van der Waals surface area contributed by atoms with Gasteiger partial charge in [-0.2, -0.15) is 5.10 Å². The molecule has 0 saturated carbocycles. The fourth-order valence-corrected chi connectivity index (χ4v) is 2.85. The summed E-state index contributed by atoms with van der Waals surface area (Å²) >= 11 is 0. The van der Waals surface area contributed by atoms with E-state index < -0.39 is 5.91 Å². The maximum atomic E-state index is 12.2. The van der Waals surface area contributed by atoms with Crippen molar-refractivity contribution in [3.63, 3.8) is 0 Å². The van der Waals surface area contributed by atoms with Crippen LogP contribution in [0.2, 0.25) is 0 Å². The number of carbonyl (C=O) groups excluding carboxylic acids is 1. The summed E-state index contributed by atoms with van der Waals surface area (Å²) in [7, 11) is 0. The van der Waals surface area contributed by atoms with Gasteiger partial charge >= 0.3 is 0 Å². The molecule has 0 aliphatic rings. The summed E-state index contributed by atoms with van der Waals surface area (Å²) in [4.78, 5) is 27.9. The maximum absolute atomic E-state index is 12.2. The van der Waals surface area contributed by atoms with Crippen molar-refractivity contribution in [2.75, 3.05) is 5.32 Å². The highest BCUT2D eigenvalue weighted by molar-refractivity contribution is 6.03. The second-order valence-electron chi connectivity index (χ2n) is 5.79. The topological polar surface area (TPSA) is 92.7 Å². The fraction of sp³-hybridized carbons (Fsp3) is 0.0526. The molecule has 128 valence electrons. The van der Waals surface area contributed by atoms with E-state index in [-0.39, 0.29) is 11.3 Å². The van der Waals surface area contributed by atoms with Crippen LogP contribution in [0.25, 0.3) is 16.7 Å². The second-order valence-corrected chi connectivity index (χ2v) is 5.79. The van der Waals surface area contributed by atoms with Crippen LogP contribution in [0, 0.1) is 6.92 Å². The number of aromatic amines is 1. The summed E-state index contributed by atoms with van der Waals surface area (Å²) in [5, 5.41) is 8.73. The molecule has 0 fully saturated rings. The summed E-state index contributed by atoms with van der Waals surface area (Å²) in [5.41, 5.74) is 3.14. The van der Waals surface area contributed by atoms with Gasteiger partial charge in [0.25, 0.3) is 11.5 Å². The van der Waals surface area contributed by atoms with Crippen LogP contribution in [0.5, 0.6) is 0 Å². The minimum Gasteiger partial charge on any atom is -0.321 e. The molecule has 0 saturated heterocycles. The van der Waals surface area contributed by atoms with Gasteiger partial charge in [0.15, 0.2) is 0 Å². The molecule has 0 unspecified atom stereocenters. The minimum absolute atomic E-state index is 0.135. The van der Waals surface area contributed by atoms with Crippen molar-refractivity contribution < 1.29 is 4.79 Å². The monoisotopic (exact) mass is 345 g/mol. The number of para-hydroxylation sites is 1. The highest BCUT2D eigenvalue weighted by atomic mass is 16.2. The van der Waals surface area contributed by atoms with Crippen LogP contribution < -0.4 is 10.9 Å². The number of aryl methyl sites for hydroxylation is 1. The Balaban J connectivity index is 1.67. The molecule has 26 heavy (non-hydrogen) atoms. The van der Waals surface area contributed by atoms with Crippen molar-refractivity contribution in [3.8, 4) is 5.69 Å². The quantitative estimate of drug-likeness (QED) is 0.597. The zero-order chi connectivity index (χ0) is 18.1. The standard InChI is InChI=1S/C19H15N5O2/c1-12-20-16-11-13(21-19(26)15-8-10-18(25)23-22-15)7-9-17(16)24(12)14-5-3-2-4-6-14/h2-11H,1H3,(H,21,26)(H,23,25). The summed E-state index contributed by atoms with van der Waals surface area (Å²) in [6.45, 7) is 1.94. The number of fused-ring (bicyclic) bond motifs is 1. The minimum atomic E-state index is -0.403. The molecule has 1 amide bonds. The van der Waals surface area contributed by atoms with E-state index in [1.54, 1.807) is 0 Å². The van der Waals surface area contributed by atoms with Crippen molar-refractivity contribution >= 4 is 22.6 Å². The Morgan fingerprint density at radius 3 is 2.62 bits per heavy atom. The van der Waals surface area contributed by atoms with E-state index in [2.05, 4.69) is 25.1 Å². The Bertz CT molecular complexity index is 1140. The van der Waals surface area contributed by atoms with E-state index in [9.17, 15) is 9.59 Å². The van der Waals surface area contributed by atoms with Crippen LogP contribution in [0.3, 0.4) is 0 Å². The van der Waals surface area contributed by atoms with Crippen LogP contribution in [0.1, 0.15) is 16.3 Å². The normalized spacial score (nSPS) is 10.8. The number of hydrogen-bond acceptors (Lipinski definition) is 4. The molecule has 7 nitrogen and oxygen atoms in total. The summed E-state index contributed by atoms with van der Waals surface area (Å²) in [6, 6.07) is 18.1. The number of aromatic nitrogens is 4. The van der Waals surface area contributed by atoms with Crippen LogP contribution >= 0.6 is 0 Å². The lowest BCUT2D eigenvalue weighted by molar-refractivity contribution is 0.102. The first-order chi connectivity index (χ1) is 12.6. The highest BCUT2D eigenvalue weighted by Crippen LogP contribution is 2.24. The summed E-state index contributed by atoms with van der Waals surface area (Å²) in [5.74, 6) is 0.455. The van der Waals surface area contributed by atoms with E-state index >= 15 is 0 Å². The number of imidazole rings is 1. The van der Waals surface area contributed by atoms with Gasteiger partial charge in [-0.1, -0.05) is 18.2 Å². The van der Waals surface area contributed by atoms with Crippen LogP contribution in [-0.4, -0.2) is 25.7 Å². The Morgan fingerprint density at radius 2 is 1.88 bits per heavy atom. The van der Waals surface area contributed by atoms with Gasteiger partial charge in [-0.3, -0.25) is 14.2 Å². The van der Waals surface area contributed by atoms with Crippen LogP contribution in [-0.2, 0) is 0 Å². The van der Waals surface area contributed by atoms with Crippen molar-refractivity contribution in [1.29, 1.82) is 0 Å². The zero-order valence-corrected chi connectivity index (χ0v) is 13.9. The fourth-order valence-electron chi connectivity index (χ4n) is 2.85. The third-order valence-corrected chi connectivity index (χ3v) is 4.01. The smallest absolute Gasteiger partial charge is 0.276 e. The second kappa shape index (κ2) is 6.29. The molecule has 0 radical (unpaired) electrons. The van der Waals surface area contributed by atoms with Gasteiger partial charge in [0, 0.05) is 17.4 Å². The summed E-state index contributed by atoms with van der Waals surface area (Å²) in [6.07, 6.45) is 0. The maximum Gasteiger partial charge on any atom is 0.276 e. The number of nitrogens with zero attached hydrogens (tertiary/aromatic N) is 3. The van der Waals surface area contributed by atoms with E-state index in [0.29, 0.717) is 5.69 Å². The number of nitrogens with one attached hydrogen (secondary N) is 2. The number of carbonyl (C=O) groups is 1. The van der Waals surface area contributed by atoms with E-state index in [4.69, 9.17) is 0 Å². The number of amides is 1. The van der Waals surface area contributed by atoms with Gasteiger partial charge < -0.3 is 5.32 Å². The lowest BCUT2D eigenvalue weighted by atomic mass is 10.2. The molecule has 0 bridgehead atoms. The van der Waals surface area contributed by atoms with Crippen molar-refractivity contribution in [2.24, 2.45) is 0 Å². The van der Waals surface area contributed by atoms with E-state index in [1.807, 2.05) is 55.5 Å². The van der Waals surface area contributed by atoms with Gasteiger partial charge in [-0.15, -0.1) is 0 Å². The number of benzene rings is 2. The molecule has 0 aliphatic heterocycles. The number of hydrogen-bond donors (Lipinski definition) is 2. The number of H-pyrrole nitrogens is 1. The van der Waals surface area contributed by atoms with Crippen LogP contribution in [0.4, 0.5) is 5.69 Å². The highest BCUT2D eigenvalue weighted by Gasteiger charge is 2.12. The molecule has 2 heterocycles. The number of anilines is 1. The van der Waals surface area contributed by atoms with Crippen molar-refractivity contribution in [2.45, 2.75) is 6.92 Å². The third-order valence-electron chi connectivity index (χ3n) is 4.01. The average molecular weight is 345 g/mol. The predicted octanol–water partition coefficient (Wildman–Crippen LogP) is 2.67. The lowest BCUT2D eigenvalue weighted by Gasteiger charge is -2.07. The Kier molecular flexibility index (Phi) is 3.81. The van der Waals surface area contributed by atoms with E-state index in [1.165, 1.54) is 12.1 Å². The molecular formula is C19H15N5O2. The predicted molar refractivity (Wildman–Crippen MR) is 98.6 cm³/mol. The lowest BCUT2D eigenvalue weighted by Crippen LogP contribution is -2.17. The molecule has 4 aromatic rings. The first-order valence-corrected chi connectivity index (χ1v) is 8.03. The average Bonchev–Trinajstić information content (AvgIpc) is 2.98. The summed E-state index contributed by atoms with van der Waals surface area (Å²) < 4.78 is 2.06. The molecule has 4 rings (SSSR count). The zero-order valence-electron chi connectivity index (χ0n) is 13.9. The molecule has 0 spiro atoms. The van der Waals surface area contributed by atoms with Gasteiger partial charge in [-0.25, -0.2) is 10.1 Å². The molecule has 0 atom stereocenters. The molecule has 0 aliphatic carbocycles. The Morgan fingerprint density at radius 1 is 1.08 bits per heavy atom. The SMILES string of the molecule is Cc1nc2cc(NC(=O)c3ccc(=O)[nH]n3)ccc2n1-c1ccccc1. The molecule has 2 aromatic heterocycles. The third kappa shape index (κ3) is 2.86. The van der Waals surface area contributed by atoms with Gasteiger partial charge in [0.2, 0.25) is 0 Å². The molecule has 7 heteroatoms. The largest absolute Gasteiger partial charge is 0.321 e. The van der Waals surface area contributed by atoms with Gasteiger partial charge in [0.05, 0.1) is 11.0 Å². The van der Waals surface area contributed by atoms with Crippen molar-refractivity contribution in [3.05, 3.63) is 82.5 Å². The Labute approximate surface area is 148 Å². The molecule has 2 aromatic carbocycles. The van der Waals surface area contributed by atoms with Crippen LogP contribution in [0.15, 0.2) is 65.5 Å². The molecular weight excluding hydrogens is 330 g/mol. The first kappa shape index (κ1) is 15.8. The van der Waals surface area contributed by atoms with Crippen molar-refractivity contribution in [1.82, 2.24) is 19.7 Å².